The van der Waals surface area contributed by atoms with Crippen LogP contribution in [0.15, 0.2) is 65.0 Å². The number of aromatic nitrogens is 3. The molecular weight excluding hydrogens is 462 g/mol. The van der Waals surface area contributed by atoms with E-state index in [1.807, 2.05) is 39.0 Å². The molecule has 4 rings (SSSR count). The Kier molecular flexibility index (Phi) is 7.95. The van der Waals surface area contributed by atoms with Gasteiger partial charge in [-0.25, -0.2) is 13.4 Å². The van der Waals surface area contributed by atoms with E-state index >= 15 is 0 Å². The maximum absolute atomic E-state index is 12.6. The molecule has 0 radical (unpaired) electrons. The summed E-state index contributed by atoms with van der Waals surface area (Å²) >= 11 is 0. The van der Waals surface area contributed by atoms with Crippen LogP contribution < -0.4 is 0 Å². The number of rotatable bonds is 11. The van der Waals surface area contributed by atoms with Gasteiger partial charge in [-0.1, -0.05) is 30.3 Å². The summed E-state index contributed by atoms with van der Waals surface area (Å²) in [4.78, 5) is 9.65. The zero-order valence-electron chi connectivity index (χ0n) is 20.3. The maximum Gasteiger partial charge on any atom is 0.199 e. The minimum absolute atomic E-state index is 0.194. The van der Waals surface area contributed by atoms with E-state index in [2.05, 4.69) is 9.55 Å². The fourth-order valence-corrected chi connectivity index (χ4v) is 4.96. The Hall–Kier alpha value is -3.07. The van der Waals surface area contributed by atoms with Gasteiger partial charge in [0.15, 0.2) is 9.84 Å². The van der Waals surface area contributed by atoms with Gasteiger partial charge >= 0.3 is 0 Å². The predicted molar refractivity (Wildman–Crippen MR) is 139 cm³/mol. The highest BCUT2D eigenvalue weighted by Crippen LogP contribution is 2.27. The number of ether oxygens (including phenoxy) is 2. The van der Waals surface area contributed by atoms with Gasteiger partial charge in [0.05, 0.1) is 28.2 Å². The number of fused-ring (bicyclic) bond motifs is 3. The highest BCUT2D eigenvalue weighted by Gasteiger charge is 2.15. The lowest BCUT2D eigenvalue weighted by Gasteiger charge is -2.12. The van der Waals surface area contributed by atoms with Gasteiger partial charge in [-0.2, -0.15) is 0 Å². The van der Waals surface area contributed by atoms with Gasteiger partial charge in [-0.15, -0.1) is 0 Å². The summed E-state index contributed by atoms with van der Waals surface area (Å²) in [5.74, 6) is 0.860. The number of nitrogens with zero attached hydrogens (tertiary/aromatic N) is 3. The molecule has 0 N–H and O–H groups in total. The topological polar surface area (TPSA) is 83.3 Å². The van der Waals surface area contributed by atoms with E-state index in [1.54, 1.807) is 42.6 Å². The van der Waals surface area contributed by atoms with Gasteiger partial charge in [-0.05, 0) is 57.0 Å². The summed E-state index contributed by atoms with van der Waals surface area (Å²) in [5, 5.41) is 2.20. The Morgan fingerprint density at radius 1 is 1.09 bits per heavy atom. The van der Waals surface area contributed by atoms with Crippen LogP contribution in [0, 0.1) is 0 Å². The molecule has 0 aliphatic carbocycles. The molecule has 0 spiro atoms. The first kappa shape index (κ1) is 25.0. The zero-order valence-corrected chi connectivity index (χ0v) is 21.2. The number of pyridine rings is 1. The van der Waals surface area contributed by atoms with E-state index in [0.29, 0.717) is 19.8 Å². The van der Waals surface area contributed by atoms with Gasteiger partial charge in [-0.3, -0.25) is 4.98 Å². The van der Waals surface area contributed by atoms with Crippen LogP contribution in [0.3, 0.4) is 0 Å². The van der Waals surface area contributed by atoms with E-state index in [4.69, 9.17) is 14.5 Å². The molecule has 2 aromatic carbocycles. The summed E-state index contributed by atoms with van der Waals surface area (Å²) in [6, 6.07) is 14.2. The van der Waals surface area contributed by atoms with E-state index in [0.717, 1.165) is 46.3 Å². The Morgan fingerprint density at radius 3 is 2.63 bits per heavy atom. The highest BCUT2D eigenvalue weighted by molar-refractivity contribution is 7.94. The maximum atomic E-state index is 12.6. The molecular formula is C27H31N3O4S. The fourth-order valence-electron chi connectivity index (χ4n) is 3.93. The van der Waals surface area contributed by atoms with E-state index in [9.17, 15) is 8.42 Å². The first-order valence-electron chi connectivity index (χ1n) is 11.8. The molecule has 184 valence electrons. The SMILES string of the molecule is CCOCc1nc2cnc3cc(/C=C/S(=O)(=O)c4ccccc4)ccc3c2n1CCCOC(C)C. The van der Waals surface area contributed by atoms with Crippen molar-refractivity contribution in [2.75, 3.05) is 13.2 Å². The second-order valence-corrected chi connectivity index (χ2v) is 10.4. The van der Waals surface area contributed by atoms with Crippen LogP contribution in [-0.2, 0) is 32.5 Å². The second-order valence-electron chi connectivity index (χ2n) is 8.52. The molecule has 4 aromatic rings. The van der Waals surface area contributed by atoms with Gasteiger partial charge in [0, 0.05) is 30.6 Å². The van der Waals surface area contributed by atoms with Crippen LogP contribution in [0.1, 0.15) is 38.6 Å². The monoisotopic (exact) mass is 493 g/mol. The number of imidazole rings is 1. The quantitative estimate of drug-likeness (QED) is 0.261. The van der Waals surface area contributed by atoms with Gasteiger partial charge in [0.25, 0.3) is 0 Å². The smallest absolute Gasteiger partial charge is 0.199 e. The second kappa shape index (κ2) is 11.1. The molecule has 0 saturated carbocycles. The van der Waals surface area contributed by atoms with E-state index in [1.165, 1.54) is 5.41 Å². The lowest BCUT2D eigenvalue weighted by Crippen LogP contribution is -2.10. The van der Waals surface area contributed by atoms with Crippen molar-refractivity contribution in [2.45, 2.75) is 51.3 Å². The molecule has 8 heteroatoms. The Balaban J connectivity index is 1.68. The molecule has 0 atom stereocenters. The highest BCUT2D eigenvalue weighted by atomic mass is 32.2. The van der Waals surface area contributed by atoms with E-state index in [-0.39, 0.29) is 11.0 Å². The standard InChI is InChI=1S/C27H31N3O4S/c1-4-33-19-26-29-25-18-28-24-17-21(13-16-35(31,32)22-9-6-5-7-10-22)11-12-23(24)27(25)30(26)14-8-15-34-20(2)3/h5-7,9-13,16-18,20H,4,8,14-15,19H2,1-3H3/b16-13+. The summed E-state index contributed by atoms with van der Waals surface area (Å²) in [5.41, 5.74) is 3.35. The molecule has 2 heterocycles. The minimum atomic E-state index is -3.52. The van der Waals surface area contributed by atoms with Crippen LogP contribution in [-0.4, -0.2) is 42.3 Å². The van der Waals surface area contributed by atoms with Crippen molar-refractivity contribution in [1.29, 1.82) is 0 Å². The summed E-state index contributed by atoms with van der Waals surface area (Å²) in [7, 11) is -3.52. The number of aryl methyl sites for hydroxylation is 1. The minimum Gasteiger partial charge on any atom is -0.379 e. The third-order valence-corrected chi connectivity index (χ3v) is 7.02. The molecule has 0 amide bonds. The van der Waals surface area contributed by atoms with Crippen molar-refractivity contribution in [3.8, 4) is 0 Å². The number of sulfone groups is 1. The summed E-state index contributed by atoms with van der Waals surface area (Å²) < 4.78 is 38.8. The fraction of sp³-hybridized carbons (Fsp3) is 0.333. The average molecular weight is 494 g/mol. The largest absolute Gasteiger partial charge is 0.379 e. The number of hydrogen-bond acceptors (Lipinski definition) is 6. The van der Waals surface area contributed by atoms with Crippen LogP contribution >= 0.6 is 0 Å². The predicted octanol–water partition coefficient (Wildman–Crippen LogP) is 5.38. The van der Waals surface area contributed by atoms with Gasteiger partial charge in [0.2, 0.25) is 0 Å². The summed E-state index contributed by atoms with van der Waals surface area (Å²) in [6.45, 7) is 8.48. The Bertz CT molecular complexity index is 1430. The van der Waals surface area contributed by atoms with Crippen molar-refractivity contribution >= 4 is 37.8 Å². The molecule has 35 heavy (non-hydrogen) atoms. The lowest BCUT2D eigenvalue weighted by molar-refractivity contribution is 0.0742. The van der Waals surface area contributed by atoms with Crippen molar-refractivity contribution in [3.63, 3.8) is 0 Å². The molecule has 0 aliphatic heterocycles. The third-order valence-electron chi connectivity index (χ3n) is 5.60. The van der Waals surface area contributed by atoms with Crippen LogP contribution in [0.25, 0.3) is 28.0 Å². The van der Waals surface area contributed by atoms with Gasteiger partial charge < -0.3 is 14.0 Å². The van der Waals surface area contributed by atoms with Crippen molar-refractivity contribution in [3.05, 3.63) is 71.5 Å². The Labute approximate surface area is 206 Å². The third kappa shape index (κ3) is 5.96. The van der Waals surface area contributed by atoms with Crippen molar-refractivity contribution in [2.24, 2.45) is 0 Å². The lowest BCUT2D eigenvalue weighted by atomic mass is 10.1. The molecule has 0 saturated heterocycles. The first-order chi connectivity index (χ1) is 16.9. The molecule has 7 nitrogen and oxygen atoms in total. The van der Waals surface area contributed by atoms with E-state index < -0.39 is 9.84 Å². The molecule has 2 aromatic heterocycles. The van der Waals surface area contributed by atoms with Crippen LogP contribution in [0.2, 0.25) is 0 Å². The Morgan fingerprint density at radius 2 is 1.89 bits per heavy atom. The summed E-state index contributed by atoms with van der Waals surface area (Å²) in [6.07, 6.45) is 4.42. The van der Waals surface area contributed by atoms with Crippen molar-refractivity contribution < 1.29 is 17.9 Å². The average Bonchev–Trinajstić information content (AvgIpc) is 3.22. The molecule has 0 fully saturated rings. The molecule has 0 bridgehead atoms. The zero-order chi connectivity index (χ0) is 24.8. The normalized spacial score (nSPS) is 12.5. The first-order valence-corrected chi connectivity index (χ1v) is 13.4. The van der Waals surface area contributed by atoms with Gasteiger partial charge in [0.1, 0.15) is 17.9 Å². The molecule has 0 unspecified atom stereocenters. The van der Waals surface area contributed by atoms with Crippen molar-refractivity contribution in [1.82, 2.24) is 14.5 Å². The van der Waals surface area contributed by atoms with Crippen LogP contribution in [0.4, 0.5) is 0 Å². The van der Waals surface area contributed by atoms with Crippen LogP contribution in [0.5, 0.6) is 0 Å². The molecule has 0 aliphatic rings. The number of benzene rings is 2. The number of hydrogen-bond donors (Lipinski definition) is 0.